The zero-order chi connectivity index (χ0) is 10.6. The summed E-state index contributed by atoms with van der Waals surface area (Å²) in [6.45, 7) is 0.918. The highest BCUT2D eigenvalue weighted by atomic mass is 16.3. The molecular weight excluding hydrogens is 176 g/mol. The highest BCUT2D eigenvalue weighted by molar-refractivity contribution is 5.24. The first-order valence-electron chi connectivity index (χ1n) is 4.73. The van der Waals surface area contributed by atoms with E-state index in [-0.39, 0.29) is 12.6 Å². The van der Waals surface area contributed by atoms with Crippen molar-refractivity contribution in [3.8, 4) is 0 Å². The molecule has 0 saturated heterocycles. The third-order valence-electron chi connectivity index (χ3n) is 2.10. The van der Waals surface area contributed by atoms with E-state index in [1.54, 1.807) is 0 Å². The van der Waals surface area contributed by atoms with Crippen LogP contribution in [0.5, 0.6) is 0 Å². The second-order valence-electron chi connectivity index (χ2n) is 3.77. The van der Waals surface area contributed by atoms with Crippen LogP contribution in [0.3, 0.4) is 0 Å². The predicted octanol–water partition coefficient (Wildman–Crippen LogP) is 0.740. The third kappa shape index (κ3) is 3.10. The maximum Gasteiger partial charge on any atom is 0.0624 e. The largest absolute Gasteiger partial charge is 0.394 e. The van der Waals surface area contributed by atoms with Crippen molar-refractivity contribution in [3.05, 3.63) is 35.4 Å². The van der Waals surface area contributed by atoms with Gasteiger partial charge in [0.25, 0.3) is 0 Å². The molecule has 3 heteroatoms. The van der Waals surface area contributed by atoms with E-state index in [2.05, 4.69) is 4.90 Å². The second-order valence-corrected chi connectivity index (χ2v) is 3.77. The number of benzene rings is 1. The molecule has 1 atom stereocenters. The molecule has 1 aromatic rings. The minimum absolute atomic E-state index is 0.00692. The molecule has 0 heterocycles. The summed E-state index contributed by atoms with van der Waals surface area (Å²) in [5.41, 5.74) is 7.92. The summed E-state index contributed by atoms with van der Waals surface area (Å²) in [7, 11) is 4.07. The molecule has 1 rings (SSSR count). The number of hydrogen-bond donors (Lipinski definition) is 2. The van der Waals surface area contributed by atoms with Gasteiger partial charge in [0.15, 0.2) is 0 Å². The van der Waals surface area contributed by atoms with Crippen molar-refractivity contribution in [1.82, 2.24) is 4.90 Å². The number of nitrogens with zero attached hydrogens (tertiary/aromatic N) is 1. The number of aliphatic hydroxyl groups excluding tert-OH is 1. The Kier molecular flexibility index (Phi) is 4.07. The molecule has 0 fully saturated rings. The van der Waals surface area contributed by atoms with Crippen molar-refractivity contribution in [3.63, 3.8) is 0 Å². The van der Waals surface area contributed by atoms with Crippen molar-refractivity contribution in [2.45, 2.75) is 12.6 Å². The first-order valence-corrected chi connectivity index (χ1v) is 4.73. The molecule has 1 aromatic carbocycles. The molecule has 0 saturated carbocycles. The molecule has 3 N–H and O–H groups in total. The highest BCUT2D eigenvalue weighted by Crippen LogP contribution is 2.11. The zero-order valence-electron chi connectivity index (χ0n) is 8.77. The quantitative estimate of drug-likeness (QED) is 0.743. The molecule has 78 valence electrons. The van der Waals surface area contributed by atoms with Gasteiger partial charge in [0.2, 0.25) is 0 Å². The Balaban J connectivity index is 2.68. The van der Waals surface area contributed by atoms with Crippen LogP contribution in [0.25, 0.3) is 0 Å². The maximum atomic E-state index is 8.87. The molecule has 0 amide bonds. The van der Waals surface area contributed by atoms with Crippen LogP contribution in [0.15, 0.2) is 24.3 Å². The predicted molar refractivity (Wildman–Crippen MR) is 57.8 cm³/mol. The Morgan fingerprint density at radius 2 is 1.86 bits per heavy atom. The van der Waals surface area contributed by atoms with E-state index >= 15 is 0 Å². The SMILES string of the molecule is CN(C)Cc1ccc([C@H](N)CO)cc1. The van der Waals surface area contributed by atoms with E-state index in [4.69, 9.17) is 10.8 Å². The van der Waals surface area contributed by atoms with Crippen LogP contribution in [0.2, 0.25) is 0 Å². The van der Waals surface area contributed by atoms with Crippen LogP contribution in [-0.4, -0.2) is 30.7 Å². The fourth-order valence-corrected chi connectivity index (χ4v) is 1.34. The molecule has 0 aromatic heterocycles. The van der Waals surface area contributed by atoms with Gasteiger partial charge in [-0.25, -0.2) is 0 Å². The van der Waals surface area contributed by atoms with Gasteiger partial charge < -0.3 is 15.7 Å². The lowest BCUT2D eigenvalue weighted by molar-refractivity contribution is 0.268. The van der Waals surface area contributed by atoms with Gasteiger partial charge in [-0.1, -0.05) is 24.3 Å². The average molecular weight is 194 g/mol. The van der Waals surface area contributed by atoms with Crippen LogP contribution in [0.1, 0.15) is 17.2 Å². The standard InChI is InChI=1S/C11H18N2O/c1-13(2)7-9-3-5-10(6-4-9)11(12)8-14/h3-6,11,14H,7-8,12H2,1-2H3/t11-/m1/s1. The molecule has 0 unspecified atom stereocenters. The molecule has 0 bridgehead atoms. The van der Waals surface area contributed by atoms with E-state index in [1.165, 1.54) is 5.56 Å². The summed E-state index contributed by atoms with van der Waals surface area (Å²) in [5.74, 6) is 0. The summed E-state index contributed by atoms with van der Waals surface area (Å²) in [6, 6.07) is 7.78. The molecule has 0 spiro atoms. The van der Waals surface area contributed by atoms with Gasteiger partial charge in [-0.15, -0.1) is 0 Å². The van der Waals surface area contributed by atoms with Crippen molar-refractivity contribution in [1.29, 1.82) is 0 Å². The molecule has 0 aliphatic rings. The molecule has 0 aliphatic heterocycles. The summed E-state index contributed by atoms with van der Waals surface area (Å²) >= 11 is 0. The summed E-state index contributed by atoms with van der Waals surface area (Å²) in [4.78, 5) is 2.11. The Morgan fingerprint density at radius 3 is 2.29 bits per heavy atom. The lowest BCUT2D eigenvalue weighted by Crippen LogP contribution is -2.15. The zero-order valence-corrected chi connectivity index (χ0v) is 8.77. The van der Waals surface area contributed by atoms with Crippen LogP contribution >= 0.6 is 0 Å². The van der Waals surface area contributed by atoms with Crippen LogP contribution in [0, 0.1) is 0 Å². The van der Waals surface area contributed by atoms with Gasteiger partial charge in [0, 0.05) is 6.54 Å². The fourth-order valence-electron chi connectivity index (χ4n) is 1.34. The number of nitrogens with two attached hydrogens (primary N) is 1. The number of rotatable bonds is 4. The van der Waals surface area contributed by atoms with Crippen molar-refractivity contribution >= 4 is 0 Å². The van der Waals surface area contributed by atoms with Gasteiger partial charge in [-0.05, 0) is 25.2 Å². The van der Waals surface area contributed by atoms with Crippen molar-refractivity contribution in [2.24, 2.45) is 5.73 Å². The van der Waals surface area contributed by atoms with E-state index < -0.39 is 0 Å². The van der Waals surface area contributed by atoms with E-state index in [0.717, 1.165) is 12.1 Å². The number of hydrogen-bond acceptors (Lipinski definition) is 3. The summed E-state index contributed by atoms with van der Waals surface area (Å²) in [6.07, 6.45) is 0. The smallest absolute Gasteiger partial charge is 0.0624 e. The first kappa shape index (κ1) is 11.2. The van der Waals surface area contributed by atoms with Gasteiger partial charge in [0.05, 0.1) is 12.6 Å². The Bertz CT molecular complexity index is 269. The highest BCUT2D eigenvalue weighted by Gasteiger charge is 2.03. The first-order chi connectivity index (χ1) is 6.63. The van der Waals surface area contributed by atoms with Gasteiger partial charge in [-0.3, -0.25) is 0 Å². The molecule has 14 heavy (non-hydrogen) atoms. The Labute approximate surface area is 85.2 Å². The summed E-state index contributed by atoms with van der Waals surface area (Å²) in [5, 5.41) is 8.87. The van der Waals surface area contributed by atoms with E-state index in [9.17, 15) is 0 Å². The van der Waals surface area contributed by atoms with E-state index in [0.29, 0.717) is 0 Å². The maximum absolute atomic E-state index is 8.87. The second kappa shape index (κ2) is 5.10. The molecule has 3 nitrogen and oxygen atoms in total. The van der Waals surface area contributed by atoms with E-state index in [1.807, 2.05) is 38.4 Å². The number of aliphatic hydroxyl groups is 1. The normalized spacial score (nSPS) is 13.2. The lowest BCUT2D eigenvalue weighted by atomic mass is 10.1. The van der Waals surface area contributed by atoms with Crippen LogP contribution < -0.4 is 5.73 Å². The molecule has 0 aliphatic carbocycles. The Morgan fingerprint density at radius 1 is 1.29 bits per heavy atom. The van der Waals surface area contributed by atoms with Crippen LogP contribution in [0.4, 0.5) is 0 Å². The molecular formula is C11H18N2O. The van der Waals surface area contributed by atoms with Gasteiger partial charge in [-0.2, -0.15) is 0 Å². The minimum atomic E-state index is -0.261. The molecule has 0 radical (unpaired) electrons. The van der Waals surface area contributed by atoms with Crippen molar-refractivity contribution < 1.29 is 5.11 Å². The third-order valence-corrected chi connectivity index (χ3v) is 2.10. The summed E-state index contributed by atoms with van der Waals surface area (Å²) < 4.78 is 0. The average Bonchev–Trinajstić information content (AvgIpc) is 2.17. The van der Waals surface area contributed by atoms with Crippen LogP contribution in [-0.2, 0) is 6.54 Å². The minimum Gasteiger partial charge on any atom is -0.394 e. The van der Waals surface area contributed by atoms with Gasteiger partial charge >= 0.3 is 0 Å². The topological polar surface area (TPSA) is 49.5 Å². The van der Waals surface area contributed by atoms with Crippen molar-refractivity contribution in [2.75, 3.05) is 20.7 Å². The van der Waals surface area contributed by atoms with Gasteiger partial charge in [0.1, 0.15) is 0 Å². The lowest BCUT2D eigenvalue weighted by Gasteiger charge is -2.12. The fraction of sp³-hybridized carbons (Fsp3) is 0.455. The monoisotopic (exact) mass is 194 g/mol. The Hall–Kier alpha value is -0.900.